The molecule has 1 aromatic carbocycles. The third kappa shape index (κ3) is 9.94. The zero-order valence-electron chi connectivity index (χ0n) is 26.7. The molecule has 2 fully saturated rings. The van der Waals surface area contributed by atoms with Gasteiger partial charge in [-0.1, -0.05) is 43.1 Å². The topological polar surface area (TPSA) is 199 Å². The maximum absolute atomic E-state index is 10.5. The van der Waals surface area contributed by atoms with E-state index >= 15 is 0 Å². The van der Waals surface area contributed by atoms with Gasteiger partial charge in [-0.2, -0.15) is 0 Å². The molecule has 256 valence electrons. The van der Waals surface area contributed by atoms with Gasteiger partial charge < -0.3 is 59.8 Å². The summed E-state index contributed by atoms with van der Waals surface area (Å²) in [6.45, 7) is 6.96. The van der Waals surface area contributed by atoms with Crippen LogP contribution in [0.5, 0.6) is 11.5 Å². The van der Waals surface area contributed by atoms with E-state index in [-0.39, 0.29) is 17.9 Å². The first kappa shape index (κ1) is 37.4. The Kier molecular flexibility index (Phi) is 14.7. The van der Waals surface area contributed by atoms with E-state index in [2.05, 4.69) is 13.0 Å². The van der Waals surface area contributed by atoms with Gasteiger partial charge in [0.15, 0.2) is 12.6 Å². The van der Waals surface area contributed by atoms with E-state index in [9.17, 15) is 40.9 Å². The van der Waals surface area contributed by atoms with Gasteiger partial charge in [-0.15, -0.1) is 0 Å². The molecule has 2 heterocycles. The molecule has 0 bridgehead atoms. The number of aliphatic hydroxyl groups is 8. The lowest BCUT2D eigenvalue weighted by Crippen LogP contribution is -2.57. The summed E-state index contributed by atoms with van der Waals surface area (Å²) in [5, 5.41) is 81.8. The Morgan fingerprint density at radius 3 is 1.71 bits per heavy atom. The minimum Gasteiger partial charge on any atom is -0.464 e. The molecule has 2 unspecified atom stereocenters. The van der Waals surface area contributed by atoms with Crippen molar-refractivity contribution in [3.05, 3.63) is 46.6 Å². The van der Waals surface area contributed by atoms with Crippen molar-refractivity contribution >= 4 is 0 Å². The molecule has 2 saturated heterocycles. The van der Waals surface area contributed by atoms with Crippen molar-refractivity contribution in [1.82, 2.24) is 0 Å². The lowest BCUT2D eigenvalue weighted by Gasteiger charge is -2.41. The summed E-state index contributed by atoms with van der Waals surface area (Å²) in [7, 11) is 0. The fourth-order valence-electron chi connectivity index (χ4n) is 5.45. The highest BCUT2D eigenvalue weighted by Crippen LogP contribution is 2.38. The van der Waals surface area contributed by atoms with E-state index in [4.69, 9.17) is 18.9 Å². The van der Waals surface area contributed by atoms with Crippen molar-refractivity contribution in [2.75, 3.05) is 13.2 Å². The van der Waals surface area contributed by atoms with E-state index in [1.807, 2.05) is 26.8 Å². The van der Waals surface area contributed by atoms with E-state index in [1.165, 1.54) is 5.57 Å². The first-order valence-electron chi connectivity index (χ1n) is 15.8. The second kappa shape index (κ2) is 17.7. The summed E-state index contributed by atoms with van der Waals surface area (Å²) in [5.41, 5.74) is 3.61. The highest BCUT2D eigenvalue weighted by molar-refractivity contribution is 5.50. The summed E-state index contributed by atoms with van der Waals surface area (Å²) in [6.07, 6.45) is -2.99. The molecule has 12 nitrogen and oxygen atoms in total. The predicted octanol–water partition coefficient (Wildman–Crippen LogP) is 1.42. The molecular weight excluding hydrogens is 588 g/mol. The van der Waals surface area contributed by atoms with Crippen LogP contribution in [-0.2, 0) is 22.3 Å². The smallest absolute Gasteiger partial charge is 0.210 e. The average molecular weight is 641 g/mol. The molecule has 0 amide bonds. The summed E-state index contributed by atoms with van der Waals surface area (Å²) in [4.78, 5) is 0. The van der Waals surface area contributed by atoms with E-state index in [0.29, 0.717) is 12.0 Å². The average Bonchev–Trinajstić information content (AvgIpc) is 2.98. The molecule has 0 saturated carbocycles. The maximum Gasteiger partial charge on any atom is 0.210 e. The van der Waals surface area contributed by atoms with Gasteiger partial charge in [0.2, 0.25) is 12.6 Å². The van der Waals surface area contributed by atoms with Crippen LogP contribution in [0.1, 0.15) is 70.9 Å². The number of hydrogen-bond donors (Lipinski definition) is 8. The third-order valence-electron chi connectivity index (χ3n) is 8.36. The Balaban J connectivity index is 2.08. The molecule has 0 spiro atoms. The fraction of sp³-hybridized carbons (Fsp3) is 0.697. The Bertz CT molecular complexity index is 1060. The Morgan fingerprint density at radius 1 is 0.756 bits per heavy atom. The van der Waals surface area contributed by atoms with Crippen molar-refractivity contribution in [3.8, 4) is 11.5 Å². The zero-order chi connectivity index (χ0) is 33.3. The van der Waals surface area contributed by atoms with Gasteiger partial charge in [-0.05, 0) is 70.6 Å². The largest absolute Gasteiger partial charge is 0.464 e. The highest BCUT2D eigenvalue weighted by Gasteiger charge is 2.46. The molecule has 0 aliphatic carbocycles. The number of aliphatic hydroxyl groups excluding tert-OH is 8. The van der Waals surface area contributed by atoms with Crippen LogP contribution < -0.4 is 9.47 Å². The molecule has 1 aromatic rings. The molecule has 0 aromatic heterocycles. The molecule has 2 aliphatic rings. The number of benzene rings is 1. The van der Waals surface area contributed by atoms with Crippen LogP contribution in [0.15, 0.2) is 35.4 Å². The van der Waals surface area contributed by atoms with Gasteiger partial charge in [0.05, 0.1) is 37.3 Å². The minimum atomic E-state index is -1.76. The number of unbranched alkanes of at least 4 members (excludes halogenated alkanes) is 2. The van der Waals surface area contributed by atoms with Crippen molar-refractivity contribution in [2.45, 2.75) is 122 Å². The van der Waals surface area contributed by atoms with Crippen LogP contribution in [0.2, 0.25) is 0 Å². The lowest BCUT2D eigenvalue weighted by atomic mass is 9.94. The monoisotopic (exact) mass is 640 g/mol. The number of ether oxygens (including phenoxy) is 4. The molecule has 12 heteroatoms. The van der Waals surface area contributed by atoms with Crippen LogP contribution in [0.3, 0.4) is 0 Å². The summed E-state index contributed by atoms with van der Waals surface area (Å²) in [6, 6.07) is 3.59. The van der Waals surface area contributed by atoms with E-state index < -0.39 is 74.6 Å². The minimum absolute atomic E-state index is 0.268. The Labute approximate surface area is 265 Å². The van der Waals surface area contributed by atoms with Gasteiger partial charge in [-0.3, -0.25) is 0 Å². The molecule has 3 rings (SSSR count). The van der Waals surface area contributed by atoms with Crippen LogP contribution in [0.4, 0.5) is 0 Å². The SMILES string of the molecule is CCCCCc1cc(OC2O[C@H](O)[C@@H](O)[C@H](O)[C@H]2CO)c(C/C=C(\C)CCC=C(C)C)c(OC2O[C@H](O)[C@@H](O)[C@H](O)[C@H]2CO)c1. The fourth-order valence-corrected chi connectivity index (χ4v) is 5.45. The standard InChI is InChI=1S/C33H52O12/c1-5-6-7-11-20-14-24(42-32-22(16-34)26(36)28(38)30(40)44-32)21(13-12-19(4)10-8-9-18(2)3)25(15-20)43-33-23(17-35)27(37)29(39)31(41)45-33/h9,12,14-15,22-23,26-41H,5-8,10-11,13,16-17H2,1-4H3/b19-12+/t22-,23-,26-,27-,28+,29+,30+,31+,32?,33?/m1/s1. The number of aryl methyl sites for hydroxylation is 1. The van der Waals surface area contributed by atoms with Gasteiger partial charge in [0.25, 0.3) is 0 Å². The normalized spacial score (nSPS) is 32.3. The zero-order valence-corrected chi connectivity index (χ0v) is 26.7. The maximum atomic E-state index is 10.5. The van der Waals surface area contributed by atoms with E-state index in [1.54, 1.807) is 12.1 Å². The molecule has 0 radical (unpaired) electrons. The van der Waals surface area contributed by atoms with Crippen molar-refractivity contribution in [2.24, 2.45) is 11.8 Å². The summed E-state index contributed by atoms with van der Waals surface area (Å²) < 4.78 is 23.5. The predicted molar refractivity (Wildman–Crippen MR) is 164 cm³/mol. The number of hydrogen-bond acceptors (Lipinski definition) is 12. The Morgan fingerprint density at radius 2 is 1.27 bits per heavy atom. The number of rotatable bonds is 15. The number of allylic oxidation sites excluding steroid dienone is 4. The van der Waals surface area contributed by atoms with Crippen molar-refractivity contribution < 1.29 is 59.8 Å². The van der Waals surface area contributed by atoms with Gasteiger partial charge in [0.1, 0.15) is 23.7 Å². The van der Waals surface area contributed by atoms with Crippen LogP contribution in [0.25, 0.3) is 0 Å². The van der Waals surface area contributed by atoms with Crippen LogP contribution >= 0.6 is 0 Å². The molecular formula is C33H52O12. The van der Waals surface area contributed by atoms with Crippen LogP contribution in [0, 0.1) is 11.8 Å². The van der Waals surface area contributed by atoms with Gasteiger partial charge in [-0.25, -0.2) is 0 Å². The lowest BCUT2D eigenvalue weighted by molar-refractivity contribution is -0.313. The first-order chi connectivity index (χ1) is 21.4. The molecule has 45 heavy (non-hydrogen) atoms. The molecule has 8 N–H and O–H groups in total. The quantitative estimate of drug-likeness (QED) is 0.102. The van der Waals surface area contributed by atoms with E-state index in [0.717, 1.165) is 43.2 Å². The molecule has 2 aliphatic heterocycles. The second-order valence-electron chi connectivity index (χ2n) is 12.3. The third-order valence-corrected chi connectivity index (χ3v) is 8.36. The van der Waals surface area contributed by atoms with Crippen LogP contribution in [-0.4, -0.2) is 104 Å². The Hall–Kier alpha value is -2.10. The highest BCUT2D eigenvalue weighted by atomic mass is 16.7. The van der Waals surface area contributed by atoms with Gasteiger partial charge >= 0.3 is 0 Å². The van der Waals surface area contributed by atoms with Crippen molar-refractivity contribution in [1.29, 1.82) is 0 Å². The summed E-state index contributed by atoms with van der Waals surface area (Å²) >= 11 is 0. The van der Waals surface area contributed by atoms with Gasteiger partial charge in [0, 0.05) is 5.56 Å². The summed E-state index contributed by atoms with van der Waals surface area (Å²) in [5.74, 6) is -1.64. The first-order valence-corrected chi connectivity index (χ1v) is 15.8. The van der Waals surface area contributed by atoms with Crippen molar-refractivity contribution in [3.63, 3.8) is 0 Å². The second-order valence-corrected chi connectivity index (χ2v) is 12.3. The molecule has 10 atom stereocenters.